The van der Waals surface area contributed by atoms with E-state index < -0.39 is 0 Å². The summed E-state index contributed by atoms with van der Waals surface area (Å²) < 4.78 is 15.3. The third-order valence-electron chi connectivity index (χ3n) is 3.70. The van der Waals surface area contributed by atoms with Gasteiger partial charge in [0.05, 0.1) is 6.33 Å². The third kappa shape index (κ3) is 2.84. The van der Waals surface area contributed by atoms with Gasteiger partial charge in [0.25, 0.3) is 0 Å². The molecule has 1 atom stereocenters. The number of halogens is 1. The largest absolute Gasteiger partial charge is 0.330 e. The number of hydrogen-bond acceptors (Lipinski definition) is 2. The molecule has 4 heteroatoms. The summed E-state index contributed by atoms with van der Waals surface area (Å²) in [6.45, 7) is 2.80. The number of nitrogens with one attached hydrogen (secondary N) is 1. The van der Waals surface area contributed by atoms with Crippen molar-refractivity contribution in [2.75, 3.05) is 13.1 Å². The molecule has 1 N–H and O–H groups in total. The number of piperidine rings is 1. The van der Waals surface area contributed by atoms with E-state index in [0.29, 0.717) is 12.5 Å². The van der Waals surface area contributed by atoms with Gasteiger partial charge in [-0.15, -0.1) is 0 Å². The van der Waals surface area contributed by atoms with Gasteiger partial charge in [-0.1, -0.05) is 12.1 Å². The van der Waals surface area contributed by atoms with Gasteiger partial charge in [-0.25, -0.2) is 9.37 Å². The van der Waals surface area contributed by atoms with Crippen LogP contribution in [-0.2, 0) is 6.54 Å². The summed E-state index contributed by atoms with van der Waals surface area (Å²) in [5.41, 5.74) is 2.22. The average molecular weight is 259 g/mol. The van der Waals surface area contributed by atoms with E-state index in [9.17, 15) is 4.39 Å². The number of benzene rings is 1. The van der Waals surface area contributed by atoms with Gasteiger partial charge in [0.15, 0.2) is 0 Å². The summed E-state index contributed by atoms with van der Waals surface area (Å²) in [6, 6.07) is 6.77. The fourth-order valence-electron chi connectivity index (χ4n) is 2.74. The van der Waals surface area contributed by atoms with Crippen molar-refractivity contribution in [3.8, 4) is 0 Å². The number of rotatable bonds is 3. The van der Waals surface area contributed by atoms with Crippen molar-refractivity contribution in [2.45, 2.75) is 25.3 Å². The molecule has 100 valence electrons. The fraction of sp³-hybridized carbons (Fsp3) is 0.400. The van der Waals surface area contributed by atoms with E-state index in [1.165, 1.54) is 24.6 Å². The molecular formula is C15H18FN3. The Morgan fingerprint density at radius 2 is 2.37 bits per heavy atom. The van der Waals surface area contributed by atoms with E-state index in [-0.39, 0.29) is 5.82 Å². The Morgan fingerprint density at radius 3 is 3.16 bits per heavy atom. The second-order valence-corrected chi connectivity index (χ2v) is 5.12. The van der Waals surface area contributed by atoms with E-state index in [0.717, 1.165) is 18.7 Å². The Hall–Kier alpha value is -1.68. The molecule has 2 aromatic rings. The number of nitrogens with zero attached hydrogens (tertiary/aromatic N) is 2. The van der Waals surface area contributed by atoms with E-state index in [1.807, 2.05) is 18.6 Å². The van der Waals surface area contributed by atoms with Gasteiger partial charge in [0.1, 0.15) is 5.82 Å². The SMILES string of the molecule is Fc1cccc(Cn2cncc2C2CCCNC2)c1. The molecular weight excluding hydrogens is 241 g/mol. The molecule has 19 heavy (non-hydrogen) atoms. The minimum atomic E-state index is -0.182. The molecule has 1 fully saturated rings. The molecule has 0 spiro atoms. The Bertz CT molecular complexity index is 544. The lowest BCUT2D eigenvalue weighted by Crippen LogP contribution is -2.29. The van der Waals surface area contributed by atoms with E-state index in [2.05, 4.69) is 14.9 Å². The molecule has 0 amide bonds. The molecule has 0 radical (unpaired) electrons. The first-order valence-corrected chi connectivity index (χ1v) is 6.78. The van der Waals surface area contributed by atoms with Crippen LogP contribution in [0.1, 0.15) is 30.0 Å². The smallest absolute Gasteiger partial charge is 0.123 e. The topological polar surface area (TPSA) is 29.9 Å². The zero-order valence-corrected chi connectivity index (χ0v) is 10.8. The minimum absolute atomic E-state index is 0.182. The Kier molecular flexibility index (Phi) is 3.60. The lowest BCUT2D eigenvalue weighted by molar-refractivity contribution is 0.444. The van der Waals surface area contributed by atoms with E-state index >= 15 is 0 Å². The van der Waals surface area contributed by atoms with Crippen molar-refractivity contribution < 1.29 is 4.39 Å². The van der Waals surface area contributed by atoms with Crippen LogP contribution in [-0.4, -0.2) is 22.6 Å². The highest BCUT2D eigenvalue weighted by Gasteiger charge is 2.18. The minimum Gasteiger partial charge on any atom is -0.330 e. The highest BCUT2D eigenvalue weighted by atomic mass is 19.1. The molecule has 0 bridgehead atoms. The van der Waals surface area contributed by atoms with Gasteiger partial charge in [0.2, 0.25) is 0 Å². The lowest BCUT2D eigenvalue weighted by atomic mass is 9.96. The quantitative estimate of drug-likeness (QED) is 0.918. The molecule has 1 aliphatic rings. The molecule has 1 saturated heterocycles. The summed E-state index contributed by atoms with van der Waals surface area (Å²) in [6.07, 6.45) is 6.18. The monoisotopic (exact) mass is 259 g/mol. The highest BCUT2D eigenvalue weighted by Crippen LogP contribution is 2.23. The first-order chi connectivity index (χ1) is 9.33. The zero-order chi connectivity index (χ0) is 13.1. The predicted molar refractivity (Wildman–Crippen MR) is 72.6 cm³/mol. The number of aromatic nitrogens is 2. The van der Waals surface area contributed by atoms with Crippen LogP contribution in [0.2, 0.25) is 0 Å². The van der Waals surface area contributed by atoms with Crippen molar-refractivity contribution in [2.24, 2.45) is 0 Å². The van der Waals surface area contributed by atoms with Crippen LogP contribution < -0.4 is 5.32 Å². The van der Waals surface area contributed by atoms with Crippen molar-refractivity contribution in [3.63, 3.8) is 0 Å². The van der Waals surface area contributed by atoms with Gasteiger partial charge in [-0.05, 0) is 37.1 Å². The van der Waals surface area contributed by atoms with Crippen molar-refractivity contribution in [3.05, 3.63) is 53.9 Å². The summed E-state index contributed by atoms with van der Waals surface area (Å²) in [5, 5.41) is 3.42. The first-order valence-electron chi connectivity index (χ1n) is 6.78. The van der Waals surface area contributed by atoms with Gasteiger partial charge < -0.3 is 9.88 Å². The lowest BCUT2D eigenvalue weighted by Gasteiger charge is -2.23. The maximum Gasteiger partial charge on any atom is 0.123 e. The van der Waals surface area contributed by atoms with Crippen molar-refractivity contribution >= 4 is 0 Å². The standard InChI is InChI=1S/C15H18FN3/c16-14-5-1-3-12(7-14)10-19-11-18-9-15(19)13-4-2-6-17-8-13/h1,3,5,7,9,11,13,17H,2,4,6,8,10H2. The zero-order valence-electron chi connectivity index (χ0n) is 10.8. The molecule has 3 rings (SSSR count). The summed E-state index contributed by atoms with van der Waals surface area (Å²) in [5.74, 6) is 0.336. The van der Waals surface area contributed by atoms with Crippen LogP contribution in [0, 0.1) is 5.82 Å². The summed E-state index contributed by atoms with van der Waals surface area (Å²) >= 11 is 0. The van der Waals surface area contributed by atoms with Crippen molar-refractivity contribution in [1.82, 2.24) is 14.9 Å². The Morgan fingerprint density at radius 1 is 1.42 bits per heavy atom. The molecule has 1 aromatic carbocycles. The van der Waals surface area contributed by atoms with E-state index in [1.54, 1.807) is 12.1 Å². The summed E-state index contributed by atoms with van der Waals surface area (Å²) in [4.78, 5) is 4.26. The number of hydrogen-bond donors (Lipinski definition) is 1. The second-order valence-electron chi connectivity index (χ2n) is 5.12. The maximum absolute atomic E-state index is 13.2. The number of imidazole rings is 1. The van der Waals surface area contributed by atoms with Crippen LogP contribution in [0.3, 0.4) is 0 Å². The Labute approximate surface area is 112 Å². The molecule has 1 aliphatic heterocycles. The highest BCUT2D eigenvalue weighted by molar-refractivity contribution is 5.18. The van der Waals surface area contributed by atoms with Crippen LogP contribution >= 0.6 is 0 Å². The van der Waals surface area contributed by atoms with Gasteiger partial charge in [-0.2, -0.15) is 0 Å². The molecule has 2 heterocycles. The average Bonchev–Trinajstić information content (AvgIpc) is 2.88. The molecule has 1 unspecified atom stereocenters. The predicted octanol–water partition coefficient (Wildman–Crippen LogP) is 2.54. The first kappa shape index (κ1) is 12.4. The van der Waals surface area contributed by atoms with Crippen LogP contribution in [0.4, 0.5) is 4.39 Å². The molecule has 0 aliphatic carbocycles. The van der Waals surface area contributed by atoms with Crippen LogP contribution in [0.25, 0.3) is 0 Å². The molecule has 1 aromatic heterocycles. The summed E-state index contributed by atoms with van der Waals surface area (Å²) in [7, 11) is 0. The van der Waals surface area contributed by atoms with E-state index in [4.69, 9.17) is 0 Å². The van der Waals surface area contributed by atoms with Crippen molar-refractivity contribution in [1.29, 1.82) is 0 Å². The van der Waals surface area contributed by atoms with Crippen LogP contribution in [0.5, 0.6) is 0 Å². The van der Waals surface area contributed by atoms with Gasteiger partial charge in [-0.3, -0.25) is 0 Å². The molecule has 3 nitrogen and oxygen atoms in total. The normalized spacial score (nSPS) is 19.5. The maximum atomic E-state index is 13.2. The van der Waals surface area contributed by atoms with Crippen LogP contribution in [0.15, 0.2) is 36.8 Å². The molecule has 0 saturated carbocycles. The fourth-order valence-corrected chi connectivity index (χ4v) is 2.74. The van der Waals surface area contributed by atoms with Gasteiger partial charge in [0, 0.05) is 30.9 Å². The second kappa shape index (κ2) is 5.53. The van der Waals surface area contributed by atoms with Gasteiger partial charge >= 0.3 is 0 Å². The third-order valence-corrected chi connectivity index (χ3v) is 3.70. The Balaban J connectivity index is 1.80.